The highest BCUT2D eigenvalue weighted by atomic mass is 35.6. The van der Waals surface area contributed by atoms with E-state index in [9.17, 15) is 0 Å². The lowest BCUT2D eigenvalue weighted by atomic mass is 10.2. The average Bonchev–Trinajstić information content (AvgIpc) is 1.48. The fourth-order valence-electron chi connectivity index (χ4n) is 0.591. The average molecular weight is 313 g/mol. The molecule has 0 nitrogen and oxygen atoms in total. The molecule has 0 bridgehead atoms. The molecule has 0 rings (SSSR count). The first-order valence-corrected chi connectivity index (χ1v) is 5.61. The van der Waals surface area contributed by atoms with Gasteiger partial charge in [0, 0.05) is 12.8 Å². The van der Waals surface area contributed by atoms with Gasteiger partial charge in [-0.05, 0) is 0 Å². The topological polar surface area (TPSA) is 0 Å². The number of alkyl halides is 7. The molecule has 0 saturated carbocycles. The molecule has 0 radical (unpaired) electrons. The number of halogens is 7. The Hall–Kier alpha value is 2.03. The largest absolute Gasteiger partial charge is 0.193 e. The zero-order valence-electron chi connectivity index (χ0n) is 5.64. The maximum absolute atomic E-state index is 5.76. The SMILES string of the molecule is ClC(Cl)CC(Cl)(Cl)CC(Cl)(Cl)Cl. The first-order valence-electron chi connectivity index (χ1n) is 2.85. The molecular formula is C5H5Cl7. The second-order valence-corrected chi connectivity index (χ2v) is 7.68. The number of rotatable bonds is 3. The number of hydrogen-bond acceptors (Lipinski definition) is 0. The summed E-state index contributed by atoms with van der Waals surface area (Å²) in [5.41, 5.74) is 0. The van der Waals surface area contributed by atoms with Crippen molar-refractivity contribution in [3.8, 4) is 0 Å². The first-order chi connectivity index (χ1) is 5.12. The Morgan fingerprint density at radius 3 is 1.58 bits per heavy atom. The van der Waals surface area contributed by atoms with E-state index in [1.165, 1.54) is 0 Å². The van der Waals surface area contributed by atoms with Crippen molar-refractivity contribution >= 4 is 81.2 Å². The van der Waals surface area contributed by atoms with Crippen LogP contribution in [0.25, 0.3) is 0 Å². The fourth-order valence-corrected chi connectivity index (χ4v) is 3.24. The minimum Gasteiger partial charge on any atom is -0.105 e. The molecule has 0 aliphatic heterocycles. The smallest absolute Gasteiger partial charge is 0.105 e. The first kappa shape index (κ1) is 14.0. The fraction of sp³-hybridized carbons (Fsp3) is 1.00. The predicted octanol–water partition coefficient (Wildman–Crippen LogP) is 5.11. The summed E-state index contributed by atoms with van der Waals surface area (Å²) in [6.07, 6.45) is 0.122. The van der Waals surface area contributed by atoms with Crippen LogP contribution in [0.15, 0.2) is 0 Å². The van der Waals surface area contributed by atoms with Crippen LogP contribution < -0.4 is 0 Å². The lowest BCUT2D eigenvalue weighted by molar-refractivity contribution is 0.672. The van der Waals surface area contributed by atoms with Gasteiger partial charge in [-0.3, -0.25) is 0 Å². The maximum atomic E-state index is 5.76. The molecule has 0 heterocycles. The molecule has 0 aromatic heterocycles. The van der Waals surface area contributed by atoms with Crippen LogP contribution in [0.3, 0.4) is 0 Å². The van der Waals surface area contributed by atoms with Crippen molar-refractivity contribution in [2.45, 2.75) is 25.8 Å². The van der Waals surface area contributed by atoms with Gasteiger partial charge in [0.2, 0.25) is 0 Å². The zero-order chi connectivity index (χ0) is 9.99. The van der Waals surface area contributed by atoms with Crippen molar-refractivity contribution in [1.82, 2.24) is 0 Å². The van der Waals surface area contributed by atoms with Crippen molar-refractivity contribution in [3.05, 3.63) is 0 Å². The summed E-state index contributed by atoms with van der Waals surface area (Å²) in [5.74, 6) is 0. The molecule has 0 fully saturated rings. The van der Waals surface area contributed by atoms with Crippen LogP contribution in [0, 0.1) is 0 Å². The number of hydrogen-bond donors (Lipinski definition) is 0. The molecule has 0 aliphatic rings. The van der Waals surface area contributed by atoms with E-state index < -0.39 is 13.0 Å². The van der Waals surface area contributed by atoms with E-state index >= 15 is 0 Å². The Morgan fingerprint density at radius 2 is 1.33 bits per heavy atom. The normalized spacial score (nSPS) is 14.0. The summed E-state index contributed by atoms with van der Waals surface area (Å²) in [6, 6.07) is 0. The minimum absolute atomic E-state index is 0.0241. The van der Waals surface area contributed by atoms with Crippen LogP contribution in [0.4, 0.5) is 0 Å². The van der Waals surface area contributed by atoms with Crippen molar-refractivity contribution in [1.29, 1.82) is 0 Å². The van der Waals surface area contributed by atoms with E-state index in [4.69, 9.17) is 81.2 Å². The summed E-state index contributed by atoms with van der Waals surface area (Å²) < 4.78 is -2.70. The van der Waals surface area contributed by atoms with Crippen molar-refractivity contribution in [2.75, 3.05) is 0 Å². The lowest BCUT2D eigenvalue weighted by Gasteiger charge is -2.23. The molecule has 12 heavy (non-hydrogen) atoms. The highest BCUT2D eigenvalue weighted by molar-refractivity contribution is 6.68. The molecular weight excluding hydrogens is 308 g/mol. The van der Waals surface area contributed by atoms with Crippen LogP contribution >= 0.6 is 81.2 Å². The standard InChI is InChI=1S/C5H5Cl7/c6-3(7)1-4(8,9)2-5(10,11)12/h3H,1-2H2. The van der Waals surface area contributed by atoms with Crippen molar-refractivity contribution in [2.24, 2.45) is 0 Å². The summed E-state index contributed by atoms with van der Waals surface area (Å²) in [6.45, 7) is 0. The molecule has 0 N–H and O–H groups in total. The van der Waals surface area contributed by atoms with Crippen molar-refractivity contribution in [3.63, 3.8) is 0 Å². The summed E-state index contributed by atoms with van der Waals surface area (Å²) >= 11 is 38.9. The van der Waals surface area contributed by atoms with Gasteiger partial charge >= 0.3 is 0 Å². The van der Waals surface area contributed by atoms with E-state index in [2.05, 4.69) is 0 Å². The van der Waals surface area contributed by atoms with Crippen LogP contribution in [0.2, 0.25) is 0 Å². The van der Waals surface area contributed by atoms with Gasteiger partial charge in [-0.15, -0.1) is 46.4 Å². The van der Waals surface area contributed by atoms with Gasteiger partial charge in [0.25, 0.3) is 0 Å². The van der Waals surface area contributed by atoms with Gasteiger partial charge in [-0.1, -0.05) is 34.8 Å². The third-order valence-corrected chi connectivity index (χ3v) is 2.20. The van der Waals surface area contributed by atoms with Crippen molar-refractivity contribution < 1.29 is 0 Å². The third-order valence-electron chi connectivity index (χ3n) is 0.912. The van der Waals surface area contributed by atoms with Crippen LogP contribution in [-0.2, 0) is 0 Å². The van der Waals surface area contributed by atoms with Crippen LogP contribution in [0.5, 0.6) is 0 Å². The molecule has 0 aromatic rings. The van der Waals surface area contributed by atoms with Gasteiger partial charge in [-0.25, -0.2) is 0 Å². The van der Waals surface area contributed by atoms with Gasteiger partial charge in [0.15, 0.2) is 3.79 Å². The molecule has 0 amide bonds. The third kappa shape index (κ3) is 8.62. The summed E-state index contributed by atoms with van der Waals surface area (Å²) in [7, 11) is 0. The van der Waals surface area contributed by atoms with Gasteiger partial charge in [0.1, 0.15) is 9.17 Å². The highest BCUT2D eigenvalue weighted by Gasteiger charge is 2.36. The van der Waals surface area contributed by atoms with Gasteiger partial charge < -0.3 is 0 Å². The molecule has 0 aromatic carbocycles. The Bertz CT molecular complexity index is 135. The summed E-state index contributed by atoms with van der Waals surface area (Å²) in [4.78, 5) is -0.674. The molecule has 0 saturated heterocycles. The maximum Gasteiger partial charge on any atom is 0.193 e. The van der Waals surface area contributed by atoms with E-state index in [0.29, 0.717) is 0 Å². The van der Waals surface area contributed by atoms with E-state index in [0.717, 1.165) is 0 Å². The van der Waals surface area contributed by atoms with Crippen LogP contribution in [0.1, 0.15) is 12.8 Å². The Labute approximate surface area is 106 Å². The van der Waals surface area contributed by atoms with E-state index in [1.807, 2.05) is 0 Å². The van der Waals surface area contributed by atoms with E-state index in [1.54, 1.807) is 0 Å². The highest BCUT2D eigenvalue weighted by Crippen LogP contribution is 2.43. The Balaban J connectivity index is 4.04. The zero-order valence-corrected chi connectivity index (χ0v) is 10.9. The quantitative estimate of drug-likeness (QED) is 0.635. The second kappa shape index (κ2) is 5.21. The molecule has 0 aliphatic carbocycles. The summed E-state index contributed by atoms with van der Waals surface area (Å²) in [5, 5.41) is 0. The molecule has 7 heteroatoms. The lowest BCUT2D eigenvalue weighted by Crippen LogP contribution is -2.23. The monoisotopic (exact) mass is 310 g/mol. The molecule has 0 unspecified atom stereocenters. The predicted molar refractivity (Wildman–Crippen MR) is 59.5 cm³/mol. The Kier molecular flexibility index (Phi) is 6.09. The second-order valence-electron chi connectivity index (χ2n) is 2.24. The van der Waals surface area contributed by atoms with Crippen LogP contribution in [-0.4, -0.2) is 13.0 Å². The van der Waals surface area contributed by atoms with Gasteiger partial charge in [0.05, 0.1) is 0 Å². The molecule has 74 valence electrons. The molecule has 0 spiro atoms. The Morgan fingerprint density at radius 1 is 0.917 bits per heavy atom. The minimum atomic E-state index is -1.49. The van der Waals surface area contributed by atoms with E-state index in [-0.39, 0.29) is 12.8 Å². The van der Waals surface area contributed by atoms with Gasteiger partial charge in [-0.2, -0.15) is 0 Å². The molecule has 0 atom stereocenters.